The topological polar surface area (TPSA) is 107 Å². The second-order valence-corrected chi connectivity index (χ2v) is 6.30. The predicted molar refractivity (Wildman–Crippen MR) is 91.7 cm³/mol. The Morgan fingerprint density at radius 2 is 2.12 bits per heavy atom. The van der Waals surface area contributed by atoms with Crippen molar-refractivity contribution < 1.29 is 14.7 Å². The zero-order valence-corrected chi connectivity index (χ0v) is 14.1. The van der Waals surface area contributed by atoms with Gasteiger partial charge in [-0.05, 0) is 49.8 Å². The van der Waals surface area contributed by atoms with Gasteiger partial charge in [0, 0.05) is 17.8 Å². The molecule has 0 aliphatic carbocycles. The number of pyridine rings is 1. The van der Waals surface area contributed by atoms with Gasteiger partial charge < -0.3 is 9.57 Å². The van der Waals surface area contributed by atoms with Gasteiger partial charge in [-0.15, -0.1) is 10.1 Å². The van der Waals surface area contributed by atoms with Gasteiger partial charge >= 0.3 is 0 Å². The molecule has 0 bridgehead atoms. The van der Waals surface area contributed by atoms with E-state index in [1.807, 2.05) is 13.8 Å². The molecule has 0 saturated heterocycles. The van der Waals surface area contributed by atoms with Gasteiger partial charge in [-0.3, -0.25) is 9.36 Å². The van der Waals surface area contributed by atoms with E-state index >= 15 is 0 Å². The van der Waals surface area contributed by atoms with Crippen LogP contribution in [0, 0.1) is 21.4 Å². The van der Waals surface area contributed by atoms with Crippen molar-refractivity contribution in [1.82, 2.24) is 4.57 Å². The molecule has 3 rings (SSSR count). The Bertz CT molecular complexity index is 1010. The minimum atomic E-state index is -0.908. The molecule has 0 amide bonds. The van der Waals surface area contributed by atoms with E-state index in [1.54, 1.807) is 30.3 Å². The Balaban J connectivity index is 2.08. The highest BCUT2D eigenvalue weighted by atomic mass is 16.9. The van der Waals surface area contributed by atoms with Crippen LogP contribution < -0.4 is 10.3 Å². The molecule has 0 spiro atoms. The molecule has 1 aliphatic heterocycles. The zero-order valence-electron chi connectivity index (χ0n) is 14.1. The standard InChI is InChI=1S/C18H15N3O5/c1-18(2)9-15(14-7-12(10-19)3-4-16(14)26-18)20-6-5-13(8-17(20)22)11-25-21(23)24/h3-9H,11H2,1-2H3. The third-order valence-electron chi connectivity index (χ3n) is 3.82. The number of nitriles is 1. The molecule has 2 heterocycles. The van der Waals surface area contributed by atoms with Gasteiger partial charge in [-0.2, -0.15) is 5.26 Å². The lowest BCUT2D eigenvalue weighted by atomic mass is 9.97. The fourth-order valence-electron chi connectivity index (χ4n) is 2.74. The molecule has 8 heteroatoms. The highest BCUT2D eigenvalue weighted by Gasteiger charge is 2.28. The average Bonchev–Trinajstić information content (AvgIpc) is 2.58. The van der Waals surface area contributed by atoms with Crippen molar-refractivity contribution in [3.8, 4) is 11.8 Å². The van der Waals surface area contributed by atoms with E-state index in [-0.39, 0.29) is 12.2 Å². The maximum atomic E-state index is 12.6. The van der Waals surface area contributed by atoms with E-state index in [0.717, 1.165) is 0 Å². The Labute approximate surface area is 148 Å². The van der Waals surface area contributed by atoms with Crippen LogP contribution in [0.25, 0.3) is 5.70 Å². The van der Waals surface area contributed by atoms with E-state index in [1.165, 1.54) is 16.8 Å². The Hall–Kier alpha value is -3.60. The summed E-state index contributed by atoms with van der Waals surface area (Å²) in [6.45, 7) is 3.42. The first-order valence-corrected chi connectivity index (χ1v) is 7.75. The Morgan fingerprint density at radius 3 is 2.77 bits per heavy atom. The van der Waals surface area contributed by atoms with Crippen LogP contribution >= 0.6 is 0 Å². The lowest BCUT2D eigenvalue weighted by molar-refractivity contribution is -0.763. The second-order valence-electron chi connectivity index (χ2n) is 6.30. The summed E-state index contributed by atoms with van der Waals surface area (Å²) in [5.41, 5.74) is 1.03. The van der Waals surface area contributed by atoms with Crippen LogP contribution in [0.15, 0.2) is 47.4 Å². The molecule has 1 aromatic heterocycles. The molecule has 1 aliphatic rings. The normalized spacial score (nSPS) is 14.4. The average molecular weight is 353 g/mol. The summed E-state index contributed by atoms with van der Waals surface area (Å²) in [6.07, 6.45) is 3.32. The zero-order chi connectivity index (χ0) is 18.9. The monoisotopic (exact) mass is 353 g/mol. The number of hydrogen-bond donors (Lipinski definition) is 0. The van der Waals surface area contributed by atoms with Crippen LogP contribution in [0.5, 0.6) is 5.75 Å². The third-order valence-corrected chi connectivity index (χ3v) is 3.82. The molecular weight excluding hydrogens is 338 g/mol. The van der Waals surface area contributed by atoms with Crippen LogP contribution in [0.3, 0.4) is 0 Å². The first kappa shape index (κ1) is 17.2. The lowest BCUT2D eigenvalue weighted by Gasteiger charge is -2.31. The molecule has 132 valence electrons. The van der Waals surface area contributed by atoms with E-state index < -0.39 is 10.7 Å². The fourth-order valence-corrected chi connectivity index (χ4v) is 2.74. The molecule has 1 aromatic carbocycles. The van der Waals surface area contributed by atoms with Crippen molar-refractivity contribution in [2.75, 3.05) is 0 Å². The summed E-state index contributed by atoms with van der Waals surface area (Å²) < 4.78 is 7.32. The molecule has 0 unspecified atom stereocenters. The minimum Gasteiger partial charge on any atom is -0.483 e. The largest absolute Gasteiger partial charge is 0.483 e. The molecule has 0 saturated carbocycles. The second kappa shape index (κ2) is 6.37. The van der Waals surface area contributed by atoms with Crippen molar-refractivity contribution in [3.05, 3.63) is 79.8 Å². The molecule has 0 atom stereocenters. The molecular formula is C18H15N3O5. The third kappa shape index (κ3) is 3.42. The molecule has 0 radical (unpaired) electrons. The summed E-state index contributed by atoms with van der Waals surface area (Å²) in [7, 11) is 0. The summed E-state index contributed by atoms with van der Waals surface area (Å²) in [5, 5.41) is 18.5. The molecule has 0 N–H and O–H groups in total. The summed E-state index contributed by atoms with van der Waals surface area (Å²) in [5.74, 6) is 0.569. The smallest absolute Gasteiger partial charge is 0.294 e. The lowest BCUT2D eigenvalue weighted by Crippen LogP contribution is -2.32. The predicted octanol–water partition coefficient (Wildman–Crippen LogP) is 2.49. The van der Waals surface area contributed by atoms with E-state index in [2.05, 4.69) is 10.9 Å². The van der Waals surface area contributed by atoms with Crippen molar-refractivity contribution in [1.29, 1.82) is 5.26 Å². The molecule has 8 nitrogen and oxygen atoms in total. The Morgan fingerprint density at radius 1 is 1.35 bits per heavy atom. The van der Waals surface area contributed by atoms with Crippen LogP contribution in [0.1, 0.15) is 30.5 Å². The molecule has 2 aromatic rings. The summed E-state index contributed by atoms with van der Waals surface area (Å²) >= 11 is 0. The van der Waals surface area contributed by atoms with Crippen LogP contribution in [0.4, 0.5) is 0 Å². The number of rotatable bonds is 4. The Kier molecular flexibility index (Phi) is 4.22. The highest BCUT2D eigenvalue weighted by molar-refractivity contribution is 5.74. The molecule has 26 heavy (non-hydrogen) atoms. The number of nitrogens with zero attached hydrogens (tertiary/aromatic N) is 3. The van der Waals surface area contributed by atoms with Crippen LogP contribution in [0.2, 0.25) is 0 Å². The fraction of sp³-hybridized carbons (Fsp3) is 0.222. The quantitative estimate of drug-likeness (QED) is 0.617. The van der Waals surface area contributed by atoms with Gasteiger partial charge in [0.25, 0.3) is 10.6 Å². The van der Waals surface area contributed by atoms with Crippen molar-refractivity contribution >= 4 is 5.70 Å². The van der Waals surface area contributed by atoms with Gasteiger partial charge in [-0.25, -0.2) is 0 Å². The highest BCUT2D eigenvalue weighted by Crippen LogP contribution is 2.36. The van der Waals surface area contributed by atoms with E-state index in [9.17, 15) is 14.9 Å². The van der Waals surface area contributed by atoms with Crippen molar-refractivity contribution in [3.63, 3.8) is 0 Å². The number of aromatic nitrogens is 1. The van der Waals surface area contributed by atoms with Crippen LogP contribution in [-0.2, 0) is 11.4 Å². The summed E-state index contributed by atoms with van der Waals surface area (Å²) in [6, 6.07) is 9.93. The van der Waals surface area contributed by atoms with E-state index in [4.69, 9.17) is 10.00 Å². The molecule has 0 fully saturated rings. The van der Waals surface area contributed by atoms with Gasteiger partial charge in [0.05, 0.1) is 17.3 Å². The number of hydrogen-bond acceptors (Lipinski definition) is 6. The number of fused-ring (bicyclic) bond motifs is 1. The first-order chi connectivity index (χ1) is 12.3. The van der Waals surface area contributed by atoms with Crippen LogP contribution in [-0.4, -0.2) is 15.3 Å². The van der Waals surface area contributed by atoms with Crippen molar-refractivity contribution in [2.24, 2.45) is 0 Å². The maximum absolute atomic E-state index is 12.6. The number of ether oxygens (including phenoxy) is 1. The number of benzene rings is 1. The minimum absolute atomic E-state index is 0.300. The van der Waals surface area contributed by atoms with Gasteiger partial charge in [0.15, 0.2) is 0 Å². The summed E-state index contributed by atoms with van der Waals surface area (Å²) in [4.78, 5) is 27.1. The SMILES string of the molecule is CC1(C)C=C(n2ccc(CO[N+](=O)[O-])cc2=O)c2cc(C#N)ccc2O1. The van der Waals surface area contributed by atoms with Crippen molar-refractivity contribution in [2.45, 2.75) is 26.1 Å². The maximum Gasteiger partial charge on any atom is 0.294 e. The van der Waals surface area contributed by atoms with Gasteiger partial charge in [0.1, 0.15) is 18.0 Å². The van der Waals surface area contributed by atoms with Gasteiger partial charge in [-0.1, -0.05) is 0 Å². The van der Waals surface area contributed by atoms with E-state index in [0.29, 0.717) is 28.1 Å². The van der Waals surface area contributed by atoms with Gasteiger partial charge in [0.2, 0.25) is 0 Å². The first-order valence-electron chi connectivity index (χ1n) is 7.75.